The highest BCUT2D eigenvalue weighted by atomic mass is 16.5. The minimum atomic E-state index is 0.460. The maximum absolute atomic E-state index is 5.49. The van der Waals surface area contributed by atoms with E-state index < -0.39 is 0 Å². The second kappa shape index (κ2) is 10.0. The van der Waals surface area contributed by atoms with E-state index >= 15 is 0 Å². The number of hydrogen-bond donors (Lipinski definition) is 1. The number of benzene rings is 1. The van der Waals surface area contributed by atoms with Crippen LogP contribution < -0.4 is 14.4 Å². The van der Waals surface area contributed by atoms with Gasteiger partial charge in [0.05, 0.1) is 44.0 Å². The molecule has 0 aliphatic rings. The monoisotopic (exact) mass is 457 g/mol. The molecule has 4 aromatic rings. The van der Waals surface area contributed by atoms with Crippen LogP contribution in [0.5, 0.6) is 11.5 Å². The molecule has 4 rings (SSSR count). The summed E-state index contributed by atoms with van der Waals surface area (Å²) in [7, 11) is 5.14. The molecule has 3 heterocycles. The Morgan fingerprint density at radius 1 is 1.21 bits per heavy atom. The summed E-state index contributed by atoms with van der Waals surface area (Å²) in [6.07, 6.45) is 9.29. The first kappa shape index (κ1) is 22.8. The summed E-state index contributed by atoms with van der Waals surface area (Å²) in [4.78, 5) is 18.7. The van der Waals surface area contributed by atoms with Gasteiger partial charge in [-0.2, -0.15) is 5.10 Å². The van der Waals surface area contributed by atoms with Crippen molar-refractivity contribution in [1.82, 2.24) is 24.7 Å². The number of aryl methyl sites for hydroxylation is 1. The van der Waals surface area contributed by atoms with Crippen LogP contribution in [0.4, 0.5) is 17.2 Å². The number of anilines is 2. The summed E-state index contributed by atoms with van der Waals surface area (Å²) in [5.41, 5.74) is 4.26. The van der Waals surface area contributed by atoms with Gasteiger partial charge in [-0.1, -0.05) is 0 Å². The Morgan fingerprint density at radius 3 is 2.56 bits per heavy atom. The highest BCUT2D eigenvalue weighted by Gasteiger charge is 2.17. The first-order chi connectivity index (χ1) is 16.5. The topological polar surface area (TPSA) is 93.5 Å². The van der Waals surface area contributed by atoms with E-state index in [9.17, 15) is 0 Å². The minimum absolute atomic E-state index is 0.460. The molecule has 0 saturated heterocycles. The summed E-state index contributed by atoms with van der Waals surface area (Å²) >= 11 is 0. The van der Waals surface area contributed by atoms with Crippen LogP contribution in [-0.2, 0) is 13.6 Å². The summed E-state index contributed by atoms with van der Waals surface area (Å²) in [5.74, 6) is 2.86. The molecular weight excluding hydrogens is 430 g/mol. The normalized spacial score (nSPS) is 11.4. The van der Waals surface area contributed by atoms with Crippen LogP contribution in [0.15, 0.2) is 60.1 Å². The number of allylic oxidation sites excluding steroid dienone is 1. The Kier molecular flexibility index (Phi) is 6.72. The molecule has 34 heavy (non-hydrogen) atoms. The molecule has 1 aromatic carbocycles. The number of pyridine rings is 1. The van der Waals surface area contributed by atoms with Gasteiger partial charge in [0.25, 0.3) is 0 Å². The smallest absolute Gasteiger partial charge is 0.134 e. The number of aromatic amines is 1. The van der Waals surface area contributed by atoms with Crippen LogP contribution in [-0.4, -0.2) is 45.7 Å². The number of ether oxygens (including phenoxy) is 2. The number of rotatable bonds is 9. The molecule has 0 fully saturated rings. The molecule has 0 unspecified atom stereocenters. The largest absolute Gasteiger partial charge is 0.497 e. The van der Waals surface area contributed by atoms with Crippen molar-refractivity contribution in [2.24, 2.45) is 12.0 Å². The van der Waals surface area contributed by atoms with E-state index in [-0.39, 0.29) is 0 Å². The zero-order chi connectivity index (χ0) is 24.1. The average Bonchev–Trinajstić information content (AvgIpc) is 3.54. The van der Waals surface area contributed by atoms with Crippen molar-refractivity contribution in [3.05, 3.63) is 72.2 Å². The Hall–Kier alpha value is -4.40. The first-order valence-corrected chi connectivity index (χ1v) is 10.6. The molecule has 3 aromatic heterocycles. The molecule has 0 aliphatic heterocycles. The molecule has 0 spiro atoms. The Balaban J connectivity index is 1.82. The Morgan fingerprint density at radius 2 is 1.97 bits per heavy atom. The number of hydrogen-bond acceptors (Lipinski definition) is 7. The molecule has 174 valence electrons. The third kappa shape index (κ3) is 4.98. The number of aliphatic imine (C=N–C) groups is 1. The number of nitrogens with one attached hydrogen (secondary N) is 1. The van der Waals surface area contributed by atoms with Gasteiger partial charge in [0.15, 0.2) is 0 Å². The molecule has 0 atom stereocenters. The summed E-state index contributed by atoms with van der Waals surface area (Å²) in [5, 5.41) is 4.26. The standard InChI is InChI=1S/C25H27N7O2/c1-17(18-14-29-31(3)15-18)10-23-22(26-2)6-7-25(30-23)32(16-24-27-8-9-28-24)19-11-20(33-4)13-21(12-19)34-5/h6-15H,2,16H2,1,3-5H3,(H,27,28)/b17-10+. The van der Waals surface area contributed by atoms with Crippen LogP contribution in [0.3, 0.4) is 0 Å². The van der Waals surface area contributed by atoms with E-state index in [0.29, 0.717) is 35.2 Å². The van der Waals surface area contributed by atoms with E-state index in [1.54, 1.807) is 31.3 Å². The van der Waals surface area contributed by atoms with Gasteiger partial charge in [-0.25, -0.2) is 9.97 Å². The van der Waals surface area contributed by atoms with Crippen molar-refractivity contribution < 1.29 is 9.47 Å². The highest BCUT2D eigenvalue weighted by molar-refractivity contribution is 5.83. The fourth-order valence-corrected chi connectivity index (χ4v) is 3.55. The van der Waals surface area contributed by atoms with Gasteiger partial charge in [0.1, 0.15) is 23.1 Å². The van der Waals surface area contributed by atoms with Crippen molar-refractivity contribution in [3.63, 3.8) is 0 Å². The summed E-state index contributed by atoms with van der Waals surface area (Å²) in [6.45, 7) is 6.20. The van der Waals surface area contributed by atoms with Crippen molar-refractivity contribution in [1.29, 1.82) is 0 Å². The van der Waals surface area contributed by atoms with E-state index in [1.807, 2.05) is 67.7 Å². The average molecular weight is 458 g/mol. The van der Waals surface area contributed by atoms with Crippen LogP contribution in [0.1, 0.15) is 24.0 Å². The SMILES string of the molecule is C=Nc1ccc(N(Cc2ncc[nH]2)c2cc(OC)cc(OC)c2)nc1/C=C(\C)c1cnn(C)c1. The lowest BCUT2D eigenvalue weighted by atomic mass is 10.1. The summed E-state index contributed by atoms with van der Waals surface area (Å²) < 4.78 is 12.8. The van der Waals surface area contributed by atoms with Crippen molar-refractivity contribution in [2.45, 2.75) is 13.5 Å². The minimum Gasteiger partial charge on any atom is -0.497 e. The molecule has 0 bridgehead atoms. The molecular formula is C25H27N7O2. The number of methoxy groups -OCH3 is 2. The van der Waals surface area contributed by atoms with Crippen LogP contribution >= 0.6 is 0 Å². The molecule has 0 radical (unpaired) electrons. The van der Waals surface area contributed by atoms with E-state index in [2.05, 4.69) is 26.8 Å². The number of aromatic nitrogens is 5. The number of nitrogens with zero attached hydrogens (tertiary/aromatic N) is 6. The second-order valence-corrected chi connectivity index (χ2v) is 7.65. The van der Waals surface area contributed by atoms with Crippen LogP contribution in [0.25, 0.3) is 11.6 Å². The molecule has 1 N–H and O–H groups in total. The van der Waals surface area contributed by atoms with Crippen molar-refractivity contribution in [3.8, 4) is 11.5 Å². The van der Waals surface area contributed by atoms with Gasteiger partial charge in [0, 0.05) is 49.4 Å². The fourth-order valence-electron chi connectivity index (χ4n) is 3.55. The Bertz CT molecular complexity index is 1290. The molecule has 0 amide bonds. The lowest BCUT2D eigenvalue weighted by Gasteiger charge is -2.24. The lowest BCUT2D eigenvalue weighted by Crippen LogP contribution is -2.19. The maximum Gasteiger partial charge on any atom is 0.134 e. The predicted octanol–water partition coefficient (Wildman–Crippen LogP) is 4.79. The zero-order valence-corrected chi connectivity index (χ0v) is 19.7. The number of imidazole rings is 1. The van der Waals surface area contributed by atoms with E-state index in [1.165, 1.54) is 0 Å². The third-order valence-electron chi connectivity index (χ3n) is 5.36. The lowest BCUT2D eigenvalue weighted by molar-refractivity contribution is 0.394. The second-order valence-electron chi connectivity index (χ2n) is 7.65. The van der Waals surface area contributed by atoms with Crippen LogP contribution in [0, 0.1) is 0 Å². The maximum atomic E-state index is 5.49. The van der Waals surface area contributed by atoms with Gasteiger partial charge >= 0.3 is 0 Å². The molecule has 0 aliphatic carbocycles. The van der Waals surface area contributed by atoms with Crippen molar-refractivity contribution in [2.75, 3.05) is 19.1 Å². The molecule has 0 saturated carbocycles. The molecule has 9 nitrogen and oxygen atoms in total. The zero-order valence-electron chi connectivity index (χ0n) is 19.7. The number of H-pyrrole nitrogens is 1. The predicted molar refractivity (Wildman–Crippen MR) is 134 cm³/mol. The van der Waals surface area contributed by atoms with E-state index in [0.717, 1.165) is 22.6 Å². The van der Waals surface area contributed by atoms with Gasteiger partial charge in [0.2, 0.25) is 0 Å². The van der Waals surface area contributed by atoms with Crippen LogP contribution in [0.2, 0.25) is 0 Å². The van der Waals surface area contributed by atoms with Gasteiger partial charge in [-0.15, -0.1) is 0 Å². The summed E-state index contributed by atoms with van der Waals surface area (Å²) in [6, 6.07) is 9.52. The highest BCUT2D eigenvalue weighted by Crippen LogP contribution is 2.35. The fraction of sp³-hybridized carbons (Fsp3) is 0.200. The molecule has 9 heteroatoms. The van der Waals surface area contributed by atoms with E-state index in [4.69, 9.17) is 14.5 Å². The quantitative estimate of drug-likeness (QED) is 0.363. The van der Waals surface area contributed by atoms with Gasteiger partial charge < -0.3 is 19.4 Å². The third-order valence-corrected chi connectivity index (χ3v) is 5.36. The van der Waals surface area contributed by atoms with Crippen molar-refractivity contribution >= 4 is 35.6 Å². The Labute approximate surface area is 198 Å². The first-order valence-electron chi connectivity index (χ1n) is 10.6. The van der Waals surface area contributed by atoms with Gasteiger partial charge in [-0.3, -0.25) is 9.67 Å². The van der Waals surface area contributed by atoms with Gasteiger partial charge in [-0.05, 0) is 37.4 Å².